The number of hydrogen-bond acceptors (Lipinski definition) is 5. The zero-order valence-corrected chi connectivity index (χ0v) is 19.8. The maximum Gasteiger partial charge on any atom is 0.257 e. The Morgan fingerprint density at radius 1 is 1.09 bits per heavy atom. The Bertz CT molecular complexity index is 1090. The summed E-state index contributed by atoms with van der Waals surface area (Å²) in [4.78, 5) is 39.5. The van der Waals surface area contributed by atoms with Gasteiger partial charge in [0.2, 0.25) is 5.91 Å². The van der Waals surface area contributed by atoms with Gasteiger partial charge in [-0.25, -0.2) is 9.97 Å². The first-order chi connectivity index (χ1) is 16.0. The lowest BCUT2D eigenvalue weighted by atomic mass is 9.94. The maximum absolute atomic E-state index is 13.2. The summed E-state index contributed by atoms with van der Waals surface area (Å²) in [6, 6.07) is 5.69. The molecule has 7 nitrogen and oxygen atoms in total. The standard InChI is InChI=1S/C26H32N4O3/c1-16-5-4-6-21(23(16)33-3)26(32)29-13-11-19(12-14-29)24-27-17(2)20-9-10-22(31)30(25(20)28-24)15-18-7-8-18/h4-6,18-19H,7-15H2,1-3H3. The van der Waals surface area contributed by atoms with Gasteiger partial charge in [-0.2, -0.15) is 0 Å². The molecule has 5 rings (SSSR count). The fourth-order valence-corrected chi connectivity index (χ4v) is 5.14. The van der Waals surface area contributed by atoms with Crippen molar-refractivity contribution in [2.24, 2.45) is 5.92 Å². The van der Waals surface area contributed by atoms with Gasteiger partial charge in [0.25, 0.3) is 5.91 Å². The molecule has 2 amide bonds. The maximum atomic E-state index is 13.2. The van der Waals surface area contributed by atoms with E-state index in [1.54, 1.807) is 7.11 Å². The molecule has 0 atom stereocenters. The molecule has 1 aromatic carbocycles. The number of benzene rings is 1. The van der Waals surface area contributed by atoms with Crippen molar-refractivity contribution in [3.63, 3.8) is 0 Å². The van der Waals surface area contributed by atoms with Crippen LogP contribution in [0.5, 0.6) is 5.75 Å². The SMILES string of the molecule is COc1c(C)cccc1C(=O)N1CCC(c2nc(C)c3c(n2)N(CC2CC2)C(=O)CC3)CC1. The van der Waals surface area contributed by atoms with Crippen LogP contribution in [0.3, 0.4) is 0 Å². The van der Waals surface area contributed by atoms with Crippen molar-refractivity contribution in [2.75, 3.05) is 31.6 Å². The summed E-state index contributed by atoms with van der Waals surface area (Å²) in [7, 11) is 1.61. The highest BCUT2D eigenvalue weighted by molar-refractivity contribution is 5.97. The highest BCUT2D eigenvalue weighted by Gasteiger charge is 2.34. The number of likely N-dealkylation sites (tertiary alicyclic amines) is 1. The number of para-hydroxylation sites is 1. The molecule has 0 bridgehead atoms. The second-order valence-electron chi connectivity index (χ2n) is 9.64. The summed E-state index contributed by atoms with van der Waals surface area (Å²) < 4.78 is 5.50. The van der Waals surface area contributed by atoms with E-state index in [-0.39, 0.29) is 17.7 Å². The molecular weight excluding hydrogens is 416 g/mol. The van der Waals surface area contributed by atoms with Crippen LogP contribution >= 0.6 is 0 Å². The molecule has 2 aliphatic heterocycles. The van der Waals surface area contributed by atoms with Gasteiger partial charge in [-0.3, -0.25) is 14.5 Å². The molecule has 0 radical (unpaired) electrons. The molecule has 2 fully saturated rings. The zero-order chi connectivity index (χ0) is 23.1. The van der Waals surface area contributed by atoms with Crippen molar-refractivity contribution in [3.05, 3.63) is 46.4 Å². The van der Waals surface area contributed by atoms with Crippen molar-refractivity contribution in [2.45, 2.75) is 58.3 Å². The first-order valence-corrected chi connectivity index (χ1v) is 12.1. The smallest absolute Gasteiger partial charge is 0.257 e. The normalized spacial score (nSPS) is 18.9. The Morgan fingerprint density at radius 3 is 2.55 bits per heavy atom. The molecule has 2 aromatic rings. The molecule has 0 spiro atoms. The van der Waals surface area contributed by atoms with Crippen LogP contribution in [0.25, 0.3) is 0 Å². The number of rotatable bonds is 5. The number of carbonyl (C=O) groups excluding carboxylic acids is 2. The van der Waals surface area contributed by atoms with E-state index in [1.165, 1.54) is 12.8 Å². The summed E-state index contributed by atoms with van der Waals surface area (Å²) in [5.41, 5.74) is 3.69. The topological polar surface area (TPSA) is 75.6 Å². The van der Waals surface area contributed by atoms with Crippen molar-refractivity contribution in [1.29, 1.82) is 0 Å². The van der Waals surface area contributed by atoms with Crippen LogP contribution in [0.2, 0.25) is 0 Å². The lowest BCUT2D eigenvalue weighted by Gasteiger charge is -2.33. The van der Waals surface area contributed by atoms with Crippen LogP contribution in [-0.4, -0.2) is 53.4 Å². The number of amides is 2. The minimum absolute atomic E-state index is 0.0118. The van der Waals surface area contributed by atoms with Crippen molar-refractivity contribution < 1.29 is 14.3 Å². The monoisotopic (exact) mass is 448 g/mol. The number of ether oxygens (including phenoxy) is 1. The minimum atomic E-state index is 0.0118. The van der Waals surface area contributed by atoms with Crippen molar-refractivity contribution >= 4 is 17.6 Å². The fourth-order valence-electron chi connectivity index (χ4n) is 5.14. The molecule has 33 heavy (non-hydrogen) atoms. The molecule has 1 saturated carbocycles. The lowest BCUT2D eigenvalue weighted by molar-refractivity contribution is -0.119. The van der Waals surface area contributed by atoms with Crippen LogP contribution in [0.15, 0.2) is 18.2 Å². The number of methoxy groups -OCH3 is 1. The van der Waals surface area contributed by atoms with Crippen LogP contribution in [0.1, 0.15) is 71.0 Å². The Kier molecular flexibility index (Phi) is 5.81. The number of aryl methyl sites for hydroxylation is 2. The number of nitrogens with zero attached hydrogens (tertiary/aromatic N) is 4. The number of carbonyl (C=O) groups is 2. The summed E-state index contributed by atoms with van der Waals surface area (Å²) in [5.74, 6) is 3.32. The third-order valence-electron chi connectivity index (χ3n) is 7.29. The van der Waals surface area contributed by atoms with Crippen molar-refractivity contribution in [1.82, 2.24) is 14.9 Å². The molecule has 1 saturated heterocycles. The predicted octanol–water partition coefficient (Wildman–Crippen LogP) is 3.81. The molecule has 3 aliphatic rings. The number of hydrogen-bond donors (Lipinski definition) is 0. The number of aromatic nitrogens is 2. The molecule has 0 N–H and O–H groups in total. The fraction of sp³-hybridized carbons (Fsp3) is 0.538. The van der Waals surface area contributed by atoms with Gasteiger partial charge in [-0.05, 0) is 63.5 Å². The number of anilines is 1. The second-order valence-corrected chi connectivity index (χ2v) is 9.64. The largest absolute Gasteiger partial charge is 0.496 e. The summed E-state index contributed by atoms with van der Waals surface area (Å²) in [5, 5.41) is 0. The number of piperidine rings is 1. The van der Waals surface area contributed by atoms with E-state index in [9.17, 15) is 9.59 Å². The van der Waals surface area contributed by atoms with Gasteiger partial charge in [0.1, 0.15) is 17.4 Å². The molecule has 0 unspecified atom stereocenters. The van der Waals surface area contributed by atoms with E-state index in [2.05, 4.69) is 0 Å². The molecule has 1 aliphatic carbocycles. The Hall–Kier alpha value is -2.96. The molecule has 3 heterocycles. The van der Waals surface area contributed by atoms with Crippen LogP contribution < -0.4 is 9.64 Å². The van der Waals surface area contributed by atoms with E-state index < -0.39 is 0 Å². The Balaban J connectivity index is 1.33. The Morgan fingerprint density at radius 2 is 1.85 bits per heavy atom. The highest BCUT2D eigenvalue weighted by atomic mass is 16.5. The Labute approximate surface area is 195 Å². The highest BCUT2D eigenvalue weighted by Crippen LogP contribution is 2.37. The molecular formula is C26H32N4O3. The first-order valence-electron chi connectivity index (χ1n) is 12.1. The van der Waals surface area contributed by atoms with E-state index >= 15 is 0 Å². The van der Waals surface area contributed by atoms with Gasteiger partial charge in [0, 0.05) is 43.2 Å². The van der Waals surface area contributed by atoms with Gasteiger partial charge >= 0.3 is 0 Å². The third-order valence-corrected chi connectivity index (χ3v) is 7.29. The van der Waals surface area contributed by atoms with Crippen LogP contribution in [0.4, 0.5) is 5.82 Å². The summed E-state index contributed by atoms with van der Waals surface area (Å²) in [6.45, 7) is 6.09. The quantitative estimate of drug-likeness (QED) is 0.695. The van der Waals surface area contributed by atoms with Crippen LogP contribution in [0, 0.1) is 19.8 Å². The van der Waals surface area contributed by atoms with E-state index in [4.69, 9.17) is 14.7 Å². The summed E-state index contributed by atoms with van der Waals surface area (Å²) >= 11 is 0. The average Bonchev–Trinajstić information content (AvgIpc) is 3.64. The third kappa shape index (κ3) is 4.21. The molecule has 7 heteroatoms. The van der Waals surface area contributed by atoms with Gasteiger partial charge in [0.15, 0.2) is 0 Å². The van der Waals surface area contributed by atoms with Gasteiger partial charge in [0.05, 0.1) is 12.7 Å². The first kappa shape index (κ1) is 21.9. The van der Waals surface area contributed by atoms with Crippen molar-refractivity contribution in [3.8, 4) is 5.75 Å². The summed E-state index contributed by atoms with van der Waals surface area (Å²) in [6.07, 6.45) is 5.31. The molecule has 1 aromatic heterocycles. The van der Waals surface area contributed by atoms with E-state index in [0.717, 1.165) is 54.3 Å². The minimum Gasteiger partial charge on any atom is -0.496 e. The van der Waals surface area contributed by atoms with Gasteiger partial charge < -0.3 is 9.64 Å². The van der Waals surface area contributed by atoms with Gasteiger partial charge in [-0.15, -0.1) is 0 Å². The van der Waals surface area contributed by atoms with E-state index in [1.807, 2.05) is 41.8 Å². The average molecular weight is 449 g/mol. The van der Waals surface area contributed by atoms with E-state index in [0.29, 0.717) is 36.7 Å². The van der Waals surface area contributed by atoms with Crippen LogP contribution in [-0.2, 0) is 11.2 Å². The lowest BCUT2D eigenvalue weighted by Crippen LogP contribution is -2.40. The molecule has 174 valence electrons. The predicted molar refractivity (Wildman–Crippen MR) is 126 cm³/mol. The number of fused-ring (bicyclic) bond motifs is 1. The zero-order valence-electron chi connectivity index (χ0n) is 19.8. The second kappa shape index (κ2) is 8.76. The van der Waals surface area contributed by atoms with Gasteiger partial charge in [-0.1, -0.05) is 12.1 Å².